The van der Waals surface area contributed by atoms with Gasteiger partial charge >= 0.3 is 0 Å². The quantitative estimate of drug-likeness (QED) is 0.835. The second kappa shape index (κ2) is 6.97. The van der Waals surface area contributed by atoms with Crippen LogP contribution in [0.25, 0.3) is 0 Å². The first-order valence-corrected chi connectivity index (χ1v) is 9.24. The van der Waals surface area contributed by atoms with Gasteiger partial charge in [0.1, 0.15) is 0 Å². The lowest BCUT2D eigenvalue weighted by Gasteiger charge is -2.45. The first-order valence-electron chi connectivity index (χ1n) is 9.24. The van der Waals surface area contributed by atoms with Gasteiger partial charge in [0.25, 0.3) is 0 Å². The van der Waals surface area contributed by atoms with E-state index in [4.69, 9.17) is 4.74 Å². The first kappa shape index (κ1) is 15.8. The number of aliphatic hydroxyl groups excluding tert-OH is 1. The highest BCUT2D eigenvalue weighted by Gasteiger charge is 2.39. The van der Waals surface area contributed by atoms with E-state index in [-0.39, 0.29) is 11.0 Å². The molecule has 2 N–H and O–H groups in total. The molecule has 1 heterocycles. The van der Waals surface area contributed by atoms with Crippen LogP contribution in [0.3, 0.4) is 0 Å². The van der Waals surface area contributed by atoms with Crippen LogP contribution in [-0.4, -0.2) is 36.5 Å². The first-order chi connectivity index (χ1) is 10.3. The van der Waals surface area contributed by atoms with E-state index in [1.807, 2.05) is 0 Å². The van der Waals surface area contributed by atoms with Crippen molar-refractivity contribution >= 4 is 0 Å². The average molecular weight is 295 g/mol. The maximum absolute atomic E-state index is 9.85. The summed E-state index contributed by atoms with van der Waals surface area (Å²) in [7, 11) is 0. The van der Waals surface area contributed by atoms with Crippen LogP contribution in [0.5, 0.6) is 0 Å². The Bertz CT molecular complexity index is 314. The third kappa shape index (κ3) is 3.80. The minimum Gasteiger partial charge on any atom is -0.396 e. The molecule has 1 atom stereocenters. The molecule has 3 heteroatoms. The minimum atomic E-state index is 0.163. The van der Waals surface area contributed by atoms with Gasteiger partial charge in [0.15, 0.2) is 0 Å². The van der Waals surface area contributed by atoms with E-state index in [1.54, 1.807) is 0 Å². The number of aliphatic hydroxyl groups is 1. The number of ether oxygens (including phenoxy) is 1. The maximum atomic E-state index is 9.85. The summed E-state index contributed by atoms with van der Waals surface area (Å²) < 4.78 is 6.19. The third-order valence-electron chi connectivity index (χ3n) is 6.27. The maximum Gasteiger partial charge on any atom is 0.0697 e. The van der Waals surface area contributed by atoms with Gasteiger partial charge in [-0.15, -0.1) is 0 Å². The Kier molecular flexibility index (Phi) is 5.23. The third-order valence-corrected chi connectivity index (χ3v) is 6.27. The zero-order valence-corrected chi connectivity index (χ0v) is 13.5. The molecule has 3 rings (SSSR count). The van der Waals surface area contributed by atoms with Gasteiger partial charge in [0, 0.05) is 31.2 Å². The molecule has 1 saturated heterocycles. The van der Waals surface area contributed by atoms with Crippen LogP contribution in [0.4, 0.5) is 0 Å². The number of rotatable bonds is 4. The van der Waals surface area contributed by atoms with Crippen molar-refractivity contribution in [2.24, 2.45) is 5.41 Å². The van der Waals surface area contributed by atoms with E-state index in [1.165, 1.54) is 70.6 Å². The molecule has 3 aliphatic rings. The fourth-order valence-electron chi connectivity index (χ4n) is 4.80. The average Bonchev–Trinajstić information content (AvgIpc) is 2.55. The Hall–Kier alpha value is -0.120. The van der Waals surface area contributed by atoms with E-state index in [2.05, 4.69) is 5.32 Å². The Morgan fingerprint density at radius 3 is 2.29 bits per heavy atom. The second-order valence-electron chi connectivity index (χ2n) is 7.88. The summed E-state index contributed by atoms with van der Waals surface area (Å²) in [5.41, 5.74) is 0.351. The monoisotopic (exact) mass is 295 g/mol. The van der Waals surface area contributed by atoms with Gasteiger partial charge < -0.3 is 15.2 Å². The molecule has 0 bridgehead atoms. The van der Waals surface area contributed by atoms with Crippen LogP contribution in [0, 0.1) is 5.41 Å². The summed E-state index contributed by atoms with van der Waals surface area (Å²) in [6.07, 6.45) is 15.2. The van der Waals surface area contributed by atoms with Crippen molar-refractivity contribution in [3.8, 4) is 0 Å². The molecule has 3 nitrogen and oxygen atoms in total. The SMILES string of the molecule is OCC1(CNC2CCOC3(CCCCC3)C2)CCCCC1. The van der Waals surface area contributed by atoms with Crippen LogP contribution in [-0.2, 0) is 4.74 Å². The molecule has 1 unspecified atom stereocenters. The fraction of sp³-hybridized carbons (Fsp3) is 1.00. The molecule has 1 spiro atoms. The Balaban J connectivity index is 1.52. The van der Waals surface area contributed by atoms with Gasteiger partial charge in [-0.3, -0.25) is 0 Å². The van der Waals surface area contributed by atoms with Gasteiger partial charge in [-0.1, -0.05) is 38.5 Å². The molecule has 2 saturated carbocycles. The summed E-state index contributed by atoms with van der Waals surface area (Å²) in [5, 5.41) is 13.7. The van der Waals surface area contributed by atoms with Crippen molar-refractivity contribution in [1.82, 2.24) is 5.32 Å². The molecule has 0 aromatic heterocycles. The van der Waals surface area contributed by atoms with Gasteiger partial charge in [-0.25, -0.2) is 0 Å². The van der Waals surface area contributed by atoms with E-state index in [0.717, 1.165) is 19.6 Å². The zero-order chi connectivity index (χ0) is 14.6. The van der Waals surface area contributed by atoms with E-state index < -0.39 is 0 Å². The van der Waals surface area contributed by atoms with Crippen LogP contribution in [0.15, 0.2) is 0 Å². The molecule has 2 aliphatic carbocycles. The van der Waals surface area contributed by atoms with E-state index in [0.29, 0.717) is 12.6 Å². The molecule has 0 radical (unpaired) electrons. The number of hydrogen-bond acceptors (Lipinski definition) is 3. The van der Waals surface area contributed by atoms with Crippen molar-refractivity contribution in [1.29, 1.82) is 0 Å². The van der Waals surface area contributed by atoms with Crippen LogP contribution >= 0.6 is 0 Å². The van der Waals surface area contributed by atoms with Crippen LogP contribution in [0.2, 0.25) is 0 Å². The van der Waals surface area contributed by atoms with Gasteiger partial charge in [0.2, 0.25) is 0 Å². The summed E-state index contributed by atoms with van der Waals surface area (Å²) >= 11 is 0. The molecular formula is C18H33NO2. The smallest absolute Gasteiger partial charge is 0.0697 e. The standard InChI is InChI=1S/C18H33NO2/c20-15-17(8-3-1-4-9-17)14-19-16-7-12-21-18(13-16)10-5-2-6-11-18/h16,19-20H,1-15H2. The van der Waals surface area contributed by atoms with Crippen LogP contribution < -0.4 is 5.32 Å². The second-order valence-corrected chi connectivity index (χ2v) is 7.88. The van der Waals surface area contributed by atoms with Crippen molar-refractivity contribution in [3.05, 3.63) is 0 Å². The summed E-state index contributed by atoms with van der Waals surface area (Å²) in [4.78, 5) is 0. The molecule has 0 aromatic carbocycles. The fourth-order valence-corrected chi connectivity index (χ4v) is 4.80. The molecule has 122 valence electrons. The lowest BCUT2D eigenvalue weighted by molar-refractivity contribution is -0.110. The van der Waals surface area contributed by atoms with Crippen LogP contribution in [0.1, 0.15) is 77.0 Å². The lowest BCUT2D eigenvalue weighted by Crippen LogP contribution is -2.51. The van der Waals surface area contributed by atoms with Crippen molar-refractivity contribution in [2.75, 3.05) is 19.8 Å². The van der Waals surface area contributed by atoms with Crippen molar-refractivity contribution < 1.29 is 9.84 Å². The highest BCUT2D eigenvalue weighted by Crippen LogP contribution is 2.39. The molecular weight excluding hydrogens is 262 g/mol. The Morgan fingerprint density at radius 1 is 0.952 bits per heavy atom. The van der Waals surface area contributed by atoms with Gasteiger partial charge in [0.05, 0.1) is 5.60 Å². The normalized spacial score (nSPS) is 32.1. The molecule has 21 heavy (non-hydrogen) atoms. The highest BCUT2D eigenvalue weighted by atomic mass is 16.5. The predicted molar refractivity (Wildman–Crippen MR) is 85.4 cm³/mol. The summed E-state index contributed by atoms with van der Waals surface area (Å²) in [6, 6.07) is 0.599. The van der Waals surface area contributed by atoms with E-state index in [9.17, 15) is 5.11 Å². The van der Waals surface area contributed by atoms with Crippen molar-refractivity contribution in [3.63, 3.8) is 0 Å². The molecule has 1 aliphatic heterocycles. The van der Waals surface area contributed by atoms with Crippen molar-refractivity contribution in [2.45, 2.75) is 88.7 Å². The van der Waals surface area contributed by atoms with E-state index >= 15 is 0 Å². The topological polar surface area (TPSA) is 41.5 Å². The molecule has 0 aromatic rings. The van der Waals surface area contributed by atoms with Gasteiger partial charge in [-0.05, 0) is 38.5 Å². The zero-order valence-electron chi connectivity index (χ0n) is 13.5. The Morgan fingerprint density at radius 2 is 1.62 bits per heavy atom. The lowest BCUT2D eigenvalue weighted by atomic mass is 9.74. The number of hydrogen-bond donors (Lipinski definition) is 2. The largest absolute Gasteiger partial charge is 0.396 e. The highest BCUT2D eigenvalue weighted by molar-refractivity contribution is 4.93. The predicted octanol–water partition coefficient (Wildman–Crippen LogP) is 3.40. The summed E-state index contributed by atoms with van der Waals surface area (Å²) in [6.45, 7) is 2.28. The molecule has 3 fully saturated rings. The summed E-state index contributed by atoms with van der Waals surface area (Å²) in [5.74, 6) is 0. The van der Waals surface area contributed by atoms with Gasteiger partial charge in [-0.2, -0.15) is 0 Å². The number of nitrogens with one attached hydrogen (secondary N) is 1. The Labute approximate surface area is 129 Å². The molecule has 0 amide bonds. The minimum absolute atomic E-state index is 0.163.